The molecule has 25 heavy (non-hydrogen) atoms. The van der Waals surface area contributed by atoms with E-state index in [2.05, 4.69) is 10.4 Å². The number of ether oxygens (including phenoxy) is 1. The average Bonchev–Trinajstić information content (AvgIpc) is 2.83. The minimum absolute atomic E-state index is 0.178. The summed E-state index contributed by atoms with van der Waals surface area (Å²) in [6.45, 7) is 7.15. The van der Waals surface area contributed by atoms with Crippen molar-refractivity contribution in [3.8, 4) is 0 Å². The summed E-state index contributed by atoms with van der Waals surface area (Å²) in [5.74, 6) is -0.551. The Morgan fingerprint density at radius 1 is 1.36 bits per heavy atom. The highest BCUT2D eigenvalue weighted by atomic mass is 35.5. The fourth-order valence-electron chi connectivity index (χ4n) is 2.36. The van der Waals surface area contributed by atoms with Crippen molar-refractivity contribution in [2.75, 3.05) is 13.2 Å². The van der Waals surface area contributed by atoms with Crippen LogP contribution in [0.2, 0.25) is 5.15 Å². The van der Waals surface area contributed by atoms with Gasteiger partial charge in [0.1, 0.15) is 11.0 Å². The summed E-state index contributed by atoms with van der Waals surface area (Å²) in [4.78, 5) is 12.4. The van der Waals surface area contributed by atoms with E-state index in [1.165, 1.54) is 12.1 Å². The lowest BCUT2D eigenvalue weighted by Gasteiger charge is -2.08. The third-order valence-corrected chi connectivity index (χ3v) is 3.98. The molecular weight excluding hydrogens is 345 g/mol. The van der Waals surface area contributed by atoms with Crippen LogP contribution in [0.1, 0.15) is 41.9 Å². The van der Waals surface area contributed by atoms with Crippen LogP contribution in [0, 0.1) is 12.7 Å². The third kappa shape index (κ3) is 5.54. The monoisotopic (exact) mass is 367 g/mol. The molecule has 0 spiro atoms. The summed E-state index contributed by atoms with van der Waals surface area (Å²) < 4.78 is 20.0. The van der Waals surface area contributed by atoms with Crippen LogP contribution in [0.4, 0.5) is 4.39 Å². The van der Waals surface area contributed by atoms with Crippen LogP contribution in [-0.2, 0) is 11.3 Å². The number of hydrogen-bond acceptors (Lipinski definition) is 3. The number of carbonyl (C=O) groups is 1. The molecular formula is C18H23ClFN3O2. The molecule has 0 aliphatic rings. The van der Waals surface area contributed by atoms with Gasteiger partial charge in [0.15, 0.2) is 0 Å². The van der Waals surface area contributed by atoms with E-state index in [0.29, 0.717) is 31.0 Å². The van der Waals surface area contributed by atoms with Crippen molar-refractivity contribution < 1.29 is 13.9 Å². The molecule has 1 N–H and O–H groups in total. The molecule has 0 aliphatic carbocycles. The van der Waals surface area contributed by atoms with Gasteiger partial charge in [-0.3, -0.25) is 4.79 Å². The number of aryl methyl sites for hydroxylation is 1. The molecule has 2 rings (SSSR count). The molecule has 1 aromatic heterocycles. The van der Waals surface area contributed by atoms with E-state index in [-0.39, 0.29) is 23.0 Å². The van der Waals surface area contributed by atoms with Crippen LogP contribution in [0.15, 0.2) is 24.3 Å². The molecule has 0 saturated heterocycles. The number of rotatable bonds is 8. The maximum atomic E-state index is 13.0. The second-order valence-corrected chi connectivity index (χ2v) is 6.42. The summed E-state index contributed by atoms with van der Waals surface area (Å²) in [6, 6.07) is 6.09. The molecule has 136 valence electrons. The maximum absolute atomic E-state index is 13.0. The van der Waals surface area contributed by atoms with Crippen LogP contribution >= 0.6 is 11.6 Å². The smallest absolute Gasteiger partial charge is 0.256 e. The van der Waals surface area contributed by atoms with E-state index in [4.69, 9.17) is 16.3 Å². The highest BCUT2D eigenvalue weighted by molar-refractivity contribution is 6.33. The van der Waals surface area contributed by atoms with E-state index < -0.39 is 0 Å². The number of carbonyl (C=O) groups excluding carboxylic acids is 1. The van der Waals surface area contributed by atoms with Crippen molar-refractivity contribution >= 4 is 17.5 Å². The van der Waals surface area contributed by atoms with Crippen molar-refractivity contribution in [1.82, 2.24) is 15.1 Å². The van der Waals surface area contributed by atoms with Gasteiger partial charge in [0.25, 0.3) is 5.91 Å². The normalized spacial score (nSPS) is 11.1. The van der Waals surface area contributed by atoms with Crippen LogP contribution < -0.4 is 5.32 Å². The van der Waals surface area contributed by atoms with Crippen molar-refractivity contribution in [2.24, 2.45) is 0 Å². The lowest BCUT2D eigenvalue weighted by atomic mass is 10.2. The zero-order valence-corrected chi connectivity index (χ0v) is 15.4. The maximum Gasteiger partial charge on any atom is 0.256 e. The Labute approximate surface area is 152 Å². The van der Waals surface area contributed by atoms with E-state index in [1.54, 1.807) is 23.7 Å². The Morgan fingerprint density at radius 3 is 2.68 bits per heavy atom. The summed E-state index contributed by atoms with van der Waals surface area (Å²) >= 11 is 6.33. The van der Waals surface area contributed by atoms with E-state index in [1.807, 2.05) is 13.8 Å². The first-order valence-electron chi connectivity index (χ1n) is 8.25. The minimum atomic E-state index is -0.298. The first-order chi connectivity index (χ1) is 11.9. The second kappa shape index (κ2) is 8.97. The van der Waals surface area contributed by atoms with E-state index in [9.17, 15) is 9.18 Å². The Morgan fingerprint density at radius 2 is 2.04 bits per heavy atom. The highest BCUT2D eigenvalue weighted by Crippen LogP contribution is 2.21. The fourth-order valence-corrected chi connectivity index (χ4v) is 2.68. The van der Waals surface area contributed by atoms with Gasteiger partial charge in [0.2, 0.25) is 0 Å². The van der Waals surface area contributed by atoms with E-state index >= 15 is 0 Å². The molecule has 0 saturated carbocycles. The Balaban J connectivity index is 1.98. The summed E-state index contributed by atoms with van der Waals surface area (Å²) in [7, 11) is 0. The third-order valence-electron chi connectivity index (χ3n) is 3.60. The van der Waals surface area contributed by atoms with Crippen LogP contribution in [0.5, 0.6) is 0 Å². The summed E-state index contributed by atoms with van der Waals surface area (Å²) in [6.07, 6.45) is 0.904. The molecule has 1 amide bonds. The number of nitrogens with zero attached hydrogens (tertiary/aromatic N) is 2. The Bertz CT molecular complexity index is 714. The predicted octanol–water partition coefficient (Wildman–Crippen LogP) is 3.58. The lowest BCUT2D eigenvalue weighted by molar-refractivity contribution is 0.0757. The van der Waals surface area contributed by atoms with Crippen molar-refractivity contribution in [3.05, 3.63) is 52.1 Å². The average molecular weight is 368 g/mol. The van der Waals surface area contributed by atoms with Gasteiger partial charge in [-0.15, -0.1) is 0 Å². The van der Waals surface area contributed by atoms with Crippen LogP contribution in [0.3, 0.4) is 0 Å². The molecule has 0 unspecified atom stereocenters. The molecule has 2 aromatic rings. The quantitative estimate of drug-likeness (QED) is 0.725. The SMILES string of the molecule is Cc1nn(Cc2ccc(F)cc2)c(Cl)c1C(=O)NCCCOC(C)C. The summed E-state index contributed by atoms with van der Waals surface area (Å²) in [5, 5.41) is 7.43. The molecule has 7 heteroatoms. The van der Waals surface area contributed by atoms with Crippen LogP contribution in [0.25, 0.3) is 0 Å². The first kappa shape index (κ1) is 19.4. The molecule has 0 aliphatic heterocycles. The fraction of sp³-hybridized carbons (Fsp3) is 0.444. The van der Waals surface area contributed by atoms with Gasteiger partial charge in [0, 0.05) is 13.2 Å². The van der Waals surface area contributed by atoms with Gasteiger partial charge in [-0.2, -0.15) is 5.10 Å². The molecule has 1 heterocycles. The number of hydrogen-bond donors (Lipinski definition) is 1. The molecule has 1 aromatic carbocycles. The Kier molecular flexibility index (Phi) is 6.96. The zero-order chi connectivity index (χ0) is 18.4. The molecule has 0 bridgehead atoms. The number of aromatic nitrogens is 2. The van der Waals surface area contributed by atoms with Crippen molar-refractivity contribution in [1.29, 1.82) is 0 Å². The standard InChI is InChI=1S/C18H23ClFN3O2/c1-12(2)25-10-4-9-21-18(24)16-13(3)22-23(17(16)19)11-14-5-7-15(20)8-6-14/h5-8,12H,4,9-11H2,1-3H3,(H,21,24). The van der Waals surface area contributed by atoms with Gasteiger partial charge in [0.05, 0.1) is 23.9 Å². The largest absolute Gasteiger partial charge is 0.379 e. The molecule has 0 radical (unpaired) electrons. The second-order valence-electron chi connectivity index (χ2n) is 6.06. The zero-order valence-electron chi connectivity index (χ0n) is 14.7. The highest BCUT2D eigenvalue weighted by Gasteiger charge is 2.20. The molecule has 0 atom stereocenters. The molecule has 0 fully saturated rings. The molecule has 5 nitrogen and oxygen atoms in total. The first-order valence-corrected chi connectivity index (χ1v) is 8.63. The minimum Gasteiger partial charge on any atom is -0.379 e. The Hall–Kier alpha value is -1.92. The van der Waals surface area contributed by atoms with Gasteiger partial charge in [-0.1, -0.05) is 23.7 Å². The van der Waals surface area contributed by atoms with Crippen molar-refractivity contribution in [3.63, 3.8) is 0 Å². The topological polar surface area (TPSA) is 56.2 Å². The van der Waals surface area contributed by atoms with Gasteiger partial charge < -0.3 is 10.1 Å². The van der Waals surface area contributed by atoms with Gasteiger partial charge in [-0.25, -0.2) is 9.07 Å². The van der Waals surface area contributed by atoms with Crippen molar-refractivity contribution in [2.45, 2.75) is 39.8 Å². The predicted molar refractivity (Wildman–Crippen MR) is 95.5 cm³/mol. The van der Waals surface area contributed by atoms with Crippen LogP contribution in [-0.4, -0.2) is 34.9 Å². The number of nitrogens with one attached hydrogen (secondary N) is 1. The van der Waals surface area contributed by atoms with Gasteiger partial charge >= 0.3 is 0 Å². The number of halogens is 2. The van der Waals surface area contributed by atoms with E-state index in [0.717, 1.165) is 12.0 Å². The summed E-state index contributed by atoms with van der Waals surface area (Å²) in [5.41, 5.74) is 1.78. The number of benzene rings is 1. The number of amides is 1. The van der Waals surface area contributed by atoms with Gasteiger partial charge in [-0.05, 0) is 44.9 Å². The lowest BCUT2D eigenvalue weighted by Crippen LogP contribution is -2.26.